The van der Waals surface area contributed by atoms with Crippen LogP contribution in [0.1, 0.15) is 30.1 Å². The van der Waals surface area contributed by atoms with Gasteiger partial charge in [0.05, 0.1) is 12.3 Å². The Balaban J connectivity index is 0.00000256. The van der Waals surface area contributed by atoms with Crippen molar-refractivity contribution in [1.82, 2.24) is 25.2 Å². The zero-order valence-electron chi connectivity index (χ0n) is 16.7. The number of halogens is 1. The molecule has 4 aromatic rings. The number of pyridine rings is 1. The van der Waals surface area contributed by atoms with E-state index in [0.717, 1.165) is 29.6 Å². The van der Waals surface area contributed by atoms with E-state index in [-0.39, 0.29) is 30.0 Å². The second-order valence-electron chi connectivity index (χ2n) is 6.74. The number of hydrogen-bond acceptors (Lipinski definition) is 4. The highest BCUT2D eigenvalue weighted by Crippen LogP contribution is 2.11. The molecule has 0 saturated carbocycles. The van der Waals surface area contributed by atoms with E-state index in [1.54, 1.807) is 6.26 Å². The summed E-state index contributed by atoms with van der Waals surface area (Å²) < 4.78 is 7.36. The smallest absolute Gasteiger partial charge is 0.192 e. The molecule has 7 nitrogen and oxygen atoms in total. The Kier molecular flexibility index (Phi) is 7.83. The molecule has 0 aliphatic carbocycles. The van der Waals surface area contributed by atoms with Crippen molar-refractivity contribution in [3.8, 4) is 0 Å². The Morgan fingerprint density at radius 3 is 2.70 bits per heavy atom. The number of aromatic nitrogens is 3. The molecule has 1 unspecified atom stereocenters. The van der Waals surface area contributed by atoms with Crippen LogP contribution in [0.5, 0.6) is 0 Å². The lowest BCUT2D eigenvalue weighted by Gasteiger charge is -2.18. The Bertz CT molecular complexity index is 1060. The summed E-state index contributed by atoms with van der Waals surface area (Å²) in [5.41, 5.74) is 2.01. The molecule has 0 radical (unpaired) electrons. The van der Waals surface area contributed by atoms with Crippen molar-refractivity contribution in [2.75, 3.05) is 6.54 Å². The van der Waals surface area contributed by atoms with E-state index >= 15 is 0 Å². The molecule has 156 valence electrons. The van der Waals surface area contributed by atoms with E-state index in [1.807, 2.05) is 59.1 Å². The molecule has 0 aliphatic heterocycles. The van der Waals surface area contributed by atoms with Crippen LogP contribution in [0.25, 0.3) is 5.65 Å². The molecule has 0 spiro atoms. The van der Waals surface area contributed by atoms with Crippen LogP contribution < -0.4 is 10.6 Å². The Labute approximate surface area is 192 Å². The van der Waals surface area contributed by atoms with Gasteiger partial charge in [-0.15, -0.1) is 34.2 Å². The Morgan fingerprint density at radius 2 is 1.90 bits per heavy atom. The summed E-state index contributed by atoms with van der Waals surface area (Å²) in [5.74, 6) is 2.46. The van der Waals surface area contributed by atoms with Crippen LogP contribution in [-0.4, -0.2) is 27.1 Å². The normalized spacial score (nSPS) is 12.4. The molecule has 8 heteroatoms. The van der Waals surface area contributed by atoms with Gasteiger partial charge < -0.3 is 15.1 Å². The molecule has 0 amide bonds. The fraction of sp³-hybridized carbons (Fsp3) is 0.227. The number of nitrogens with one attached hydrogen (secondary N) is 2. The third-order valence-electron chi connectivity index (χ3n) is 4.66. The van der Waals surface area contributed by atoms with Gasteiger partial charge in [-0.25, -0.2) is 4.99 Å². The van der Waals surface area contributed by atoms with Crippen LogP contribution in [0.15, 0.2) is 82.5 Å². The summed E-state index contributed by atoms with van der Waals surface area (Å²) >= 11 is 0. The molecule has 0 bridgehead atoms. The summed E-state index contributed by atoms with van der Waals surface area (Å²) in [6, 6.07) is 20.1. The number of benzene rings is 1. The van der Waals surface area contributed by atoms with Crippen molar-refractivity contribution < 1.29 is 4.42 Å². The summed E-state index contributed by atoms with van der Waals surface area (Å²) in [5, 5.41) is 15.3. The van der Waals surface area contributed by atoms with Gasteiger partial charge in [-0.3, -0.25) is 4.40 Å². The molecule has 4 rings (SSSR count). The van der Waals surface area contributed by atoms with Gasteiger partial charge in [0, 0.05) is 19.2 Å². The lowest BCUT2D eigenvalue weighted by atomic mass is 10.1. The van der Waals surface area contributed by atoms with E-state index in [9.17, 15) is 0 Å². The number of guanidine groups is 1. The van der Waals surface area contributed by atoms with Crippen LogP contribution in [0.2, 0.25) is 0 Å². The highest BCUT2D eigenvalue weighted by atomic mass is 127. The standard InChI is InChI=1S/C22H24N6O.HI/c1-17(18-8-3-2-4-9-18)25-22(23-13-12-19-10-7-15-29-19)24-16-21-27-26-20-11-5-6-14-28(20)21;/h2-11,14-15,17H,12-13,16H2,1H3,(H2,23,24,25);1H. The molecule has 3 aromatic heterocycles. The van der Waals surface area contributed by atoms with E-state index in [1.165, 1.54) is 5.56 Å². The van der Waals surface area contributed by atoms with E-state index in [4.69, 9.17) is 9.41 Å². The van der Waals surface area contributed by atoms with Gasteiger partial charge in [0.25, 0.3) is 0 Å². The number of hydrogen-bond donors (Lipinski definition) is 2. The molecular formula is C22H25IN6O. The third-order valence-corrected chi connectivity index (χ3v) is 4.66. The van der Waals surface area contributed by atoms with E-state index in [0.29, 0.717) is 13.1 Å². The molecule has 0 saturated heterocycles. The third kappa shape index (κ3) is 5.59. The number of aliphatic imine (C=N–C) groups is 1. The quantitative estimate of drug-likeness (QED) is 0.221. The number of rotatable bonds is 7. The van der Waals surface area contributed by atoms with E-state index < -0.39 is 0 Å². The van der Waals surface area contributed by atoms with Crippen LogP contribution in [0.3, 0.4) is 0 Å². The topological polar surface area (TPSA) is 79.8 Å². The van der Waals surface area contributed by atoms with Crippen LogP contribution >= 0.6 is 24.0 Å². The minimum Gasteiger partial charge on any atom is -0.469 e. The average molecular weight is 516 g/mol. The molecule has 2 N–H and O–H groups in total. The maximum absolute atomic E-state index is 5.41. The Hall–Kier alpha value is -2.88. The number of nitrogens with zero attached hydrogens (tertiary/aromatic N) is 4. The second kappa shape index (κ2) is 10.8. The molecule has 0 aliphatic rings. The van der Waals surface area contributed by atoms with Crippen molar-refractivity contribution in [1.29, 1.82) is 0 Å². The van der Waals surface area contributed by atoms with Gasteiger partial charge in [0.1, 0.15) is 12.3 Å². The van der Waals surface area contributed by atoms with Gasteiger partial charge in [-0.05, 0) is 36.8 Å². The summed E-state index contributed by atoms with van der Waals surface area (Å²) in [4.78, 5) is 4.74. The lowest BCUT2D eigenvalue weighted by Crippen LogP contribution is -2.39. The van der Waals surface area contributed by atoms with Gasteiger partial charge in [0.2, 0.25) is 0 Å². The first-order valence-corrected chi connectivity index (χ1v) is 9.70. The van der Waals surface area contributed by atoms with Crippen molar-refractivity contribution >= 4 is 35.6 Å². The average Bonchev–Trinajstić information content (AvgIpc) is 3.42. The van der Waals surface area contributed by atoms with Gasteiger partial charge in [-0.2, -0.15) is 0 Å². The fourth-order valence-electron chi connectivity index (χ4n) is 3.09. The van der Waals surface area contributed by atoms with E-state index in [2.05, 4.69) is 39.9 Å². The highest BCUT2D eigenvalue weighted by molar-refractivity contribution is 14.0. The SMILES string of the molecule is CC(NC(=NCc1nnc2ccccn12)NCCc1ccco1)c1ccccc1.I. The first-order valence-electron chi connectivity index (χ1n) is 9.70. The van der Waals surface area contributed by atoms with Crippen molar-refractivity contribution in [2.45, 2.75) is 25.9 Å². The predicted octanol–water partition coefficient (Wildman–Crippen LogP) is 3.98. The summed E-state index contributed by atoms with van der Waals surface area (Å²) in [6.45, 7) is 3.25. The molecule has 0 fully saturated rings. The van der Waals surface area contributed by atoms with Crippen LogP contribution in [-0.2, 0) is 13.0 Å². The van der Waals surface area contributed by atoms with Gasteiger partial charge >= 0.3 is 0 Å². The lowest BCUT2D eigenvalue weighted by molar-refractivity contribution is 0.506. The largest absolute Gasteiger partial charge is 0.469 e. The molecule has 3 heterocycles. The van der Waals surface area contributed by atoms with Crippen molar-refractivity contribution in [2.24, 2.45) is 4.99 Å². The van der Waals surface area contributed by atoms with Crippen LogP contribution in [0, 0.1) is 0 Å². The highest BCUT2D eigenvalue weighted by Gasteiger charge is 2.09. The zero-order chi connectivity index (χ0) is 19.9. The molecule has 30 heavy (non-hydrogen) atoms. The first-order chi connectivity index (χ1) is 14.3. The maximum Gasteiger partial charge on any atom is 0.192 e. The predicted molar refractivity (Wildman–Crippen MR) is 128 cm³/mol. The second-order valence-corrected chi connectivity index (χ2v) is 6.74. The maximum atomic E-state index is 5.41. The van der Waals surface area contributed by atoms with Gasteiger partial charge in [-0.1, -0.05) is 36.4 Å². The van der Waals surface area contributed by atoms with Crippen molar-refractivity contribution in [3.05, 3.63) is 90.3 Å². The molecular weight excluding hydrogens is 491 g/mol. The minimum absolute atomic E-state index is 0. The Morgan fingerprint density at radius 1 is 1.07 bits per heavy atom. The minimum atomic E-state index is 0. The zero-order valence-corrected chi connectivity index (χ0v) is 19.1. The monoisotopic (exact) mass is 516 g/mol. The fourth-order valence-corrected chi connectivity index (χ4v) is 3.09. The summed E-state index contributed by atoms with van der Waals surface area (Å²) in [7, 11) is 0. The number of furan rings is 1. The summed E-state index contributed by atoms with van der Waals surface area (Å²) in [6.07, 6.45) is 4.42. The van der Waals surface area contributed by atoms with Gasteiger partial charge in [0.15, 0.2) is 17.4 Å². The molecule has 1 aromatic carbocycles. The number of fused-ring (bicyclic) bond motifs is 1. The van der Waals surface area contributed by atoms with Crippen molar-refractivity contribution in [3.63, 3.8) is 0 Å². The molecule has 1 atom stereocenters. The first kappa shape index (κ1) is 21.8. The van der Waals surface area contributed by atoms with Crippen LogP contribution in [0.4, 0.5) is 0 Å².